The molecule has 0 aromatic heterocycles. The fourth-order valence-electron chi connectivity index (χ4n) is 1.17. The van der Waals surface area contributed by atoms with Crippen LogP contribution in [-0.2, 0) is 13.7 Å². The van der Waals surface area contributed by atoms with Crippen LogP contribution in [-0.4, -0.2) is 66.2 Å². The molecular formula is C5H17N2O9P3. The first-order valence-corrected chi connectivity index (χ1v) is 10.2. The Bertz CT molecular complexity index is 386. The van der Waals surface area contributed by atoms with Gasteiger partial charge < -0.3 is 34.7 Å². The van der Waals surface area contributed by atoms with Crippen LogP contribution in [0.15, 0.2) is 0 Å². The van der Waals surface area contributed by atoms with Crippen LogP contribution in [0.3, 0.4) is 0 Å². The van der Waals surface area contributed by atoms with Crippen LogP contribution >= 0.6 is 22.8 Å². The van der Waals surface area contributed by atoms with E-state index in [0.717, 1.165) is 4.90 Å². The Balaban J connectivity index is 4.32. The zero-order valence-corrected chi connectivity index (χ0v) is 12.4. The molecule has 0 saturated carbocycles. The molecule has 0 fully saturated rings. The fourth-order valence-corrected chi connectivity index (χ4v) is 3.30. The van der Waals surface area contributed by atoms with Crippen LogP contribution < -0.4 is 5.32 Å². The molecule has 0 amide bonds. The van der Waals surface area contributed by atoms with Crippen molar-refractivity contribution in [2.45, 2.75) is 0 Å². The van der Waals surface area contributed by atoms with Gasteiger partial charge in [-0.2, -0.15) is 0 Å². The largest absolute Gasteiger partial charge is 0.339 e. The molecule has 0 unspecified atom stereocenters. The Kier molecular flexibility index (Phi) is 7.54. The van der Waals surface area contributed by atoms with Crippen LogP contribution in [0.4, 0.5) is 0 Å². The summed E-state index contributed by atoms with van der Waals surface area (Å²) < 4.78 is 32.1. The first kappa shape index (κ1) is 19.4. The van der Waals surface area contributed by atoms with E-state index in [1.807, 2.05) is 0 Å². The molecule has 0 aliphatic heterocycles. The standard InChI is InChI=1S/C5H17N2O9P3/c8-17(9,10)3-6-1-2-7(4-18(11,12)13)5-19(14,15)16/h6H,1-5H2,(H2,8,9,10)(H2,11,12,13)(H2,14,15,16). The quantitative estimate of drug-likeness (QED) is 0.186. The molecule has 116 valence electrons. The van der Waals surface area contributed by atoms with Crippen LogP contribution in [0.5, 0.6) is 0 Å². The molecule has 0 rings (SSSR count). The molecule has 0 aromatic carbocycles. The maximum atomic E-state index is 10.8. The molecule has 11 nitrogen and oxygen atoms in total. The molecule has 14 heteroatoms. The highest BCUT2D eigenvalue weighted by atomic mass is 31.2. The van der Waals surface area contributed by atoms with Gasteiger partial charge in [0.15, 0.2) is 0 Å². The summed E-state index contributed by atoms with van der Waals surface area (Å²) in [5.41, 5.74) is 0. The predicted molar refractivity (Wildman–Crippen MR) is 65.4 cm³/mol. The molecule has 0 atom stereocenters. The van der Waals surface area contributed by atoms with Crippen molar-refractivity contribution < 1.29 is 43.1 Å². The minimum atomic E-state index is -4.49. The highest BCUT2D eigenvalue weighted by molar-refractivity contribution is 7.52. The Labute approximate surface area is 109 Å². The lowest BCUT2D eigenvalue weighted by atomic mass is 10.6. The maximum Gasteiger partial charge on any atom is 0.339 e. The Morgan fingerprint density at radius 2 is 1.21 bits per heavy atom. The number of hydrogen-bond donors (Lipinski definition) is 7. The van der Waals surface area contributed by atoms with Crippen LogP contribution in [0.2, 0.25) is 0 Å². The van der Waals surface area contributed by atoms with E-state index in [1.54, 1.807) is 0 Å². The normalized spacial score (nSPS) is 14.1. The van der Waals surface area contributed by atoms with E-state index in [0.29, 0.717) is 0 Å². The number of rotatable bonds is 9. The van der Waals surface area contributed by atoms with Gasteiger partial charge >= 0.3 is 22.8 Å². The summed E-state index contributed by atoms with van der Waals surface area (Å²) in [6, 6.07) is 0. The van der Waals surface area contributed by atoms with E-state index in [-0.39, 0.29) is 13.1 Å². The Morgan fingerprint density at radius 1 is 0.789 bits per heavy atom. The van der Waals surface area contributed by atoms with Gasteiger partial charge in [0.05, 0.1) is 6.29 Å². The van der Waals surface area contributed by atoms with E-state index in [2.05, 4.69) is 5.32 Å². The van der Waals surface area contributed by atoms with Gasteiger partial charge in [0.2, 0.25) is 0 Å². The molecule has 0 bridgehead atoms. The van der Waals surface area contributed by atoms with Crippen molar-refractivity contribution in [1.82, 2.24) is 10.2 Å². The summed E-state index contributed by atoms with van der Waals surface area (Å²) in [5.74, 6) is 0. The predicted octanol–water partition coefficient (Wildman–Crippen LogP) is -1.72. The number of nitrogens with zero attached hydrogens (tertiary/aromatic N) is 1. The van der Waals surface area contributed by atoms with Crippen LogP contribution in [0, 0.1) is 0 Å². The maximum absolute atomic E-state index is 10.8. The SMILES string of the molecule is O=P(O)(O)CNCCN(CP(=O)(O)O)CP(=O)(O)O. The average molecular weight is 342 g/mol. The highest BCUT2D eigenvalue weighted by Crippen LogP contribution is 2.40. The van der Waals surface area contributed by atoms with Gasteiger partial charge in [-0.05, 0) is 0 Å². The molecule has 7 N–H and O–H groups in total. The van der Waals surface area contributed by atoms with Crippen molar-refractivity contribution >= 4 is 22.8 Å². The first-order valence-electron chi connectivity index (χ1n) is 4.85. The third-order valence-corrected chi connectivity index (χ3v) is 3.86. The van der Waals surface area contributed by atoms with Gasteiger partial charge in [-0.1, -0.05) is 0 Å². The molecule has 0 aliphatic carbocycles. The van der Waals surface area contributed by atoms with Crippen molar-refractivity contribution in [3.8, 4) is 0 Å². The minimum absolute atomic E-state index is 0.0922. The molecular weight excluding hydrogens is 325 g/mol. The van der Waals surface area contributed by atoms with Crippen LogP contribution in [0.25, 0.3) is 0 Å². The lowest BCUT2D eigenvalue weighted by Gasteiger charge is -2.23. The second-order valence-electron chi connectivity index (χ2n) is 3.83. The second-order valence-corrected chi connectivity index (χ2v) is 8.70. The average Bonchev–Trinajstić information content (AvgIpc) is 2.05. The van der Waals surface area contributed by atoms with Crippen molar-refractivity contribution in [3.05, 3.63) is 0 Å². The van der Waals surface area contributed by atoms with Crippen molar-refractivity contribution in [3.63, 3.8) is 0 Å². The van der Waals surface area contributed by atoms with E-state index in [9.17, 15) is 13.7 Å². The third kappa shape index (κ3) is 14.6. The Hall–Kier alpha value is 0.370. The molecule has 0 heterocycles. The molecule has 0 spiro atoms. The monoisotopic (exact) mass is 342 g/mol. The van der Waals surface area contributed by atoms with Gasteiger partial charge in [0, 0.05) is 13.1 Å². The molecule has 0 saturated heterocycles. The lowest BCUT2D eigenvalue weighted by Crippen LogP contribution is -2.34. The zero-order chi connectivity index (χ0) is 15.3. The summed E-state index contributed by atoms with van der Waals surface area (Å²) in [5, 5.41) is 2.32. The lowest BCUT2D eigenvalue weighted by molar-refractivity contribution is 0.277. The highest BCUT2D eigenvalue weighted by Gasteiger charge is 2.25. The smallest absolute Gasteiger partial charge is 0.324 e. The zero-order valence-electron chi connectivity index (χ0n) is 9.73. The van der Waals surface area contributed by atoms with Crippen molar-refractivity contribution in [2.75, 3.05) is 31.9 Å². The molecule has 19 heavy (non-hydrogen) atoms. The second kappa shape index (κ2) is 7.40. The van der Waals surface area contributed by atoms with E-state index in [1.165, 1.54) is 0 Å². The fraction of sp³-hybridized carbons (Fsp3) is 1.00. The summed E-state index contributed by atoms with van der Waals surface area (Å²) >= 11 is 0. The number of hydrogen-bond acceptors (Lipinski definition) is 5. The van der Waals surface area contributed by atoms with Crippen LogP contribution in [0.1, 0.15) is 0 Å². The molecule has 0 radical (unpaired) electrons. The van der Waals surface area contributed by atoms with E-state index >= 15 is 0 Å². The third-order valence-electron chi connectivity index (χ3n) is 1.69. The molecule has 0 aromatic rings. The van der Waals surface area contributed by atoms with Crippen molar-refractivity contribution in [1.29, 1.82) is 0 Å². The van der Waals surface area contributed by atoms with Gasteiger partial charge in [0.1, 0.15) is 12.6 Å². The first-order chi connectivity index (χ1) is 8.29. The molecule has 0 aliphatic rings. The summed E-state index contributed by atoms with van der Waals surface area (Å²) in [4.78, 5) is 52.9. The van der Waals surface area contributed by atoms with Gasteiger partial charge in [-0.15, -0.1) is 0 Å². The van der Waals surface area contributed by atoms with Crippen molar-refractivity contribution in [2.24, 2.45) is 0 Å². The Morgan fingerprint density at radius 3 is 1.53 bits per heavy atom. The van der Waals surface area contributed by atoms with E-state index < -0.39 is 41.6 Å². The number of nitrogens with one attached hydrogen (secondary N) is 1. The van der Waals surface area contributed by atoms with E-state index in [4.69, 9.17) is 29.4 Å². The minimum Gasteiger partial charge on any atom is -0.324 e. The van der Waals surface area contributed by atoms with Gasteiger partial charge in [-0.3, -0.25) is 18.6 Å². The van der Waals surface area contributed by atoms with Gasteiger partial charge in [0.25, 0.3) is 0 Å². The summed E-state index contributed by atoms with van der Waals surface area (Å²) in [7, 11) is -13.2. The topological polar surface area (TPSA) is 188 Å². The van der Waals surface area contributed by atoms with Gasteiger partial charge in [-0.25, -0.2) is 0 Å². The summed E-state index contributed by atoms with van der Waals surface area (Å²) in [6.07, 6.45) is -2.34. The summed E-state index contributed by atoms with van der Waals surface area (Å²) in [6.45, 7) is -0.276.